The Balaban J connectivity index is 1.74. The van der Waals surface area contributed by atoms with Gasteiger partial charge >= 0.3 is 0 Å². The predicted molar refractivity (Wildman–Crippen MR) is 109 cm³/mol. The summed E-state index contributed by atoms with van der Waals surface area (Å²) in [5, 5.41) is 9.93. The van der Waals surface area contributed by atoms with Gasteiger partial charge < -0.3 is 24.1 Å². The number of aromatic amines is 1. The maximum absolute atomic E-state index is 12.4. The van der Waals surface area contributed by atoms with Crippen molar-refractivity contribution in [3.05, 3.63) is 36.4 Å². The Hall–Kier alpha value is -3.49. The van der Waals surface area contributed by atoms with Crippen LogP contribution in [-0.2, 0) is 4.79 Å². The number of aromatic nitrogens is 4. The van der Waals surface area contributed by atoms with Gasteiger partial charge in [0.25, 0.3) is 0 Å². The quantitative estimate of drug-likeness (QED) is 0.603. The number of benzene rings is 1. The number of carbonyl (C=O) groups excluding carboxylic acids is 1. The molecular weight excluding hydrogens is 374 g/mol. The van der Waals surface area contributed by atoms with E-state index in [1.54, 1.807) is 33.6 Å². The number of carbonyl (C=O) groups is 1. The summed E-state index contributed by atoms with van der Waals surface area (Å²) >= 11 is 0. The Morgan fingerprint density at radius 2 is 1.86 bits per heavy atom. The molecule has 9 nitrogen and oxygen atoms in total. The number of nitrogens with zero attached hydrogens (tertiary/aromatic N) is 3. The second-order valence-corrected chi connectivity index (χ2v) is 6.56. The van der Waals surface area contributed by atoms with Crippen LogP contribution in [0.5, 0.6) is 17.2 Å². The molecule has 3 rings (SSSR count). The van der Waals surface area contributed by atoms with Gasteiger partial charge in [0, 0.05) is 36.5 Å². The molecule has 1 amide bonds. The molecule has 0 fully saturated rings. The van der Waals surface area contributed by atoms with Gasteiger partial charge in [-0.1, -0.05) is 0 Å². The number of hydrogen-bond acceptors (Lipinski definition) is 6. The van der Waals surface area contributed by atoms with Gasteiger partial charge in [-0.25, -0.2) is 4.98 Å². The van der Waals surface area contributed by atoms with Gasteiger partial charge in [0.2, 0.25) is 11.7 Å². The van der Waals surface area contributed by atoms with Crippen molar-refractivity contribution in [1.82, 2.24) is 19.7 Å². The maximum atomic E-state index is 12.4. The second-order valence-electron chi connectivity index (χ2n) is 6.56. The third-order valence-corrected chi connectivity index (χ3v) is 4.64. The molecule has 0 radical (unpaired) electrons. The zero-order valence-electron chi connectivity index (χ0n) is 17.1. The van der Waals surface area contributed by atoms with Crippen LogP contribution < -0.4 is 19.5 Å². The number of imidazole rings is 1. The molecule has 1 aromatic carbocycles. The molecule has 1 atom stereocenters. The Bertz CT molecular complexity index is 969. The number of H-pyrrole nitrogens is 1. The van der Waals surface area contributed by atoms with Gasteiger partial charge in [-0.2, -0.15) is 5.10 Å². The Morgan fingerprint density at radius 3 is 2.41 bits per heavy atom. The predicted octanol–water partition coefficient (Wildman–Crippen LogP) is 3.20. The molecule has 154 valence electrons. The number of nitrogens with one attached hydrogen (secondary N) is 2. The number of ether oxygens (including phenoxy) is 3. The van der Waals surface area contributed by atoms with Crippen LogP contribution in [0.4, 0.5) is 5.82 Å². The molecule has 0 bridgehead atoms. The molecular formula is C20H25N5O4. The highest BCUT2D eigenvalue weighted by Gasteiger charge is 2.17. The van der Waals surface area contributed by atoms with Gasteiger partial charge in [0.05, 0.1) is 27.0 Å². The van der Waals surface area contributed by atoms with E-state index in [0.29, 0.717) is 35.2 Å². The van der Waals surface area contributed by atoms with Crippen LogP contribution in [0.2, 0.25) is 0 Å². The van der Waals surface area contributed by atoms with Gasteiger partial charge in [0.15, 0.2) is 17.3 Å². The molecule has 29 heavy (non-hydrogen) atoms. The zero-order valence-corrected chi connectivity index (χ0v) is 17.1. The summed E-state index contributed by atoms with van der Waals surface area (Å²) < 4.78 is 18.1. The molecule has 9 heteroatoms. The minimum atomic E-state index is -0.131. The fourth-order valence-corrected chi connectivity index (χ4v) is 3.18. The number of methoxy groups -OCH3 is 3. The fourth-order valence-electron chi connectivity index (χ4n) is 3.18. The summed E-state index contributed by atoms with van der Waals surface area (Å²) in [6.07, 6.45) is 3.90. The van der Waals surface area contributed by atoms with Crippen LogP contribution in [0.3, 0.4) is 0 Å². The molecule has 0 aliphatic rings. The van der Waals surface area contributed by atoms with Crippen molar-refractivity contribution in [2.45, 2.75) is 26.3 Å². The van der Waals surface area contributed by atoms with E-state index in [1.807, 2.05) is 36.7 Å². The van der Waals surface area contributed by atoms with Crippen molar-refractivity contribution in [1.29, 1.82) is 0 Å². The molecule has 2 N–H and O–H groups in total. The van der Waals surface area contributed by atoms with Crippen LogP contribution in [0.25, 0.3) is 11.3 Å². The molecule has 1 unspecified atom stereocenters. The van der Waals surface area contributed by atoms with Crippen molar-refractivity contribution in [2.75, 3.05) is 26.6 Å². The summed E-state index contributed by atoms with van der Waals surface area (Å²) in [6.45, 7) is 3.88. The summed E-state index contributed by atoms with van der Waals surface area (Å²) in [5.41, 5.74) is 1.49. The van der Waals surface area contributed by atoms with Crippen LogP contribution in [-0.4, -0.2) is 47.0 Å². The normalized spacial score (nSPS) is 11.8. The van der Waals surface area contributed by atoms with E-state index in [2.05, 4.69) is 20.5 Å². The minimum Gasteiger partial charge on any atom is -0.493 e. The van der Waals surface area contributed by atoms with Crippen LogP contribution in [0, 0.1) is 6.92 Å². The smallest absolute Gasteiger partial charge is 0.227 e. The Labute approximate surface area is 169 Å². The molecule has 3 aromatic rings. The lowest BCUT2D eigenvalue weighted by atomic mass is 10.1. The van der Waals surface area contributed by atoms with Gasteiger partial charge in [-0.3, -0.25) is 9.89 Å². The van der Waals surface area contributed by atoms with E-state index in [4.69, 9.17) is 14.2 Å². The van der Waals surface area contributed by atoms with Crippen LogP contribution >= 0.6 is 0 Å². The molecule has 0 aliphatic carbocycles. The molecule has 0 saturated heterocycles. The number of amides is 1. The first-order valence-electron chi connectivity index (χ1n) is 9.11. The highest BCUT2D eigenvalue weighted by molar-refractivity contribution is 5.90. The van der Waals surface area contributed by atoms with Crippen molar-refractivity contribution >= 4 is 11.7 Å². The highest BCUT2D eigenvalue weighted by Crippen LogP contribution is 2.41. The van der Waals surface area contributed by atoms with Crippen LogP contribution in [0.15, 0.2) is 30.6 Å². The van der Waals surface area contributed by atoms with Crippen molar-refractivity contribution in [2.24, 2.45) is 0 Å². The van der Waals surface area contributed by atoms with Crippen LogP contribution in [0.1, 0.15) is 25.2 Å². The van der Waals surface area contributed by atoms with E-state index < -0.39 is 0 Å². The topological polar surface area (TPSA) is 103 Å². The monoisotopic (exact) mass is 399 g/mol. The molecule has 0 saturated carbocycles. The van der Waals surface area contributed by atoms with E-state index in [1.165, 1.54) is 0 Å². The molecule has 0 aliphatic heterocycles. The summed E-state index contributed by atoms with van der Waals surface area (Å²) in [7, 11) is 4.67. The number of hydrogen-bond donors (Lipinski definition) is 2. The zero-order chi connectivity index (χ0) is 21.0. The Kier molecular flexibility index (Phi) is 6.06. The first-order chi connectivity index (χ1) is 14.0. The summed E-state index contributed by atoms with van der Waals surface area (Å²) in [5.74, 6) is 2.75. The van der Waals surface area contributed by atoms with Gasteiger partial charge in [-0.05, 0) is 26.0 Å². The van der Waals surface area contributed by atoms with Gasteiger partial charge in [0.1, 0.15) is 5.82 Å². The van der Waals surface area contributed by atoms with Crippen molar-refractivity contribution in [3.63, 3.8) is 0 Å². The Morgan fingerprint density at radius 1 is 1.17 bits per heavy atom. The first kappa shape index (κ1) is 20.2. The fraction of sp³-hybridized carbons (Fsp3) is 0.350. The van der Waals surface area contributed by atoms with E-state index in [9.17, 15) is 4.79 Å². The lowest BCUT2D eigenvalue weighted by molar-refractivity contribution is -0.116. The van der Waals surface area contributed by atoms with Crippen molar-refractivity contribution < 1.29 is 19.0 Å². The van der Waals surface area contributed by atoms with E-state index >= 15 is 0 Å². The molecule has 0 spiro atoms. The standard InChI is InChI=1S/C20H25N5O4/c1-12(25-7-6-21-13(25)2)8-19(26)22-18-11-15(23-24-18)14-9-16(27-3)20(29-5)17(10-14)28-4/h6-7,9-12H,8H2,1-5H3,(H2,22,23,24,26). The number of aryl methyl sites for hydroxylation is 1. The lowest BCUT2D eigenvalue weighted by Crippen LogP contribution is -2.18. The highest BCUT2D eigenvalue weighted by atomic mass is 16.5. The molecule has 2 aromatic heterocycles. The third kappa shape index (κ3) is 4.34. The minimum absolute atomic E-state index is 0.00831. The van der Waals surface area contributed by atoms with Crippen molar-refractivity contribution in [3.8, 4) is 28.5 Å². The summed E-state index contributed by atoms with van der Waals surface area (Å²) in [6, 6.07) is 5.37. The summed E-state index contributed by atoms with van der Waals surface area (Å²) in [4.78, 5) is 16.6. The average molecular weight is 399 g/mol. The third-order valence-electron chi connectivity index (χ3n) is 4.64. The first-order valence-corrected chi connectivity index (χ1v) is 9.11. The molecule has 2 heterocycles. The number of anilines is 1. The SMILES string of the molecule is COc1cc(-c2cc(NC(=O)CC(C)n3ccnc3C)n[nH]2)cc(OC)c1OC. The van der Waals surface area contributed by atoms with Gasteiger partial charge in [-0.15, -0.1) is 0 Å². The second kappa shape index (κ2) is 8.68. The van der Waals surface area contributed by atoms with E-state index in [0.717, 1.165) is 11.4 Å². The maximum Gasteiger partial charge on any atom is 0.227 e. The largest absolute Gasteiger partial charge is 0.493 e. The van der Waals surface area contributed by atoms with E-state index in [-0.39, 0.29) is 11.9 Å². The lowest BCUT2D eigenvalue weighted by Gasteiger charge is -2.14. The number of rotatable bonds is 8. The average Bonchev–Trinajstić information content (AvgIpc) is 3.35.